The summed E-state index contributed by atoms with van der Waals surface area (Å²) in [6.45, 7) is 1.39. The first kappa shape index (κ1) is 26.5. The zero-order valence-corrected chi connectivity index (χ0v) is 21.8. The van der Waals surface area contributed by atoms with Crippen LogP contribution in [0.4, 0.5) is 5.69 Å². The van der Waals surface area contributed by atoms with Gasteiger partial charge in [0.2, 0.25) is 20.0 Å². The fraction of sp³-hybridized carbons (Fsp3) is 0.409. The maximum absolute atomic E-state index is 12.7. The number of benzene rings is 2. The summed E-state index contributed by atoms with van der Waals surface area (Å²) in [4.78, 5) is 12.8. The molecule has 1 atom stereocenters. The second-order valence-electron chi connectivity index (χ2n) is 8.14. The Hall–Kier alpha value is -2.58. The van der Waals surface area contributed by atoms with Crippen LogP contribution in [0.1, 0.15) is 0 Å². The van der Waals surface area contributed by atoms with Crippen molar-refractivity contribution >= 4 is 43.2 Å². The minimum absolute atomic E-state index is 0.107. The number of hydrogen-bond donors (Lipinski definition) is 1. The van der Waals surface area contributed by atoms with Gasteiger partial charge in [0.25, 0.3) is 5.91 Å². The van der Waals surface area contributed by atoms with Crippen molar-refractivity contribution in [3.8, 4) is 11.5 Å². The largest absolute Gasteiger partial charge is 0.492 e. The predicted molar refractivity (Wildman–Crippen MR) is 133 cm³/mol. The number of amides is 1. The Balaban J connectivity index is 1.30. The number of halogens is 1. The van der Waals surface area contributed by atoms with Gasteiger partial charge >= 0.3 is 0 Å². The first-order valence-corrected chi connectivity index (χ1v) is 14.7. The highest BCUT2D eigenvalue weighted by molar-refractivity contribution is 7.92. The molecule has 2 aliphatic rings. The molecule has 0 saturated carbocycles. The molecule has 1 saturated heterocycles. The maximum Gasteiger partial charge on any atom is 0.263 e. The summed E-state index contributed by atoms with van der Waals surface area (Å²) in [5, 5.41) is 3.01. The molecule has 2 aromatic rings. The highest BCUT2D eigenvalue weighted by atomic mass is 35.5. The van der Waals surface area contributed by atoms with Gasteiger partial charge in [0.05, 0.1) is 43.1 Å². The molecule has 196 valence electrons. The van der Waals surface area contributed by atoms with Gasteiger partial charge in [0, 0.05) is 18.1 Å². The Morgan fingerprint density at radius 2 is 1.81 bits per heavy atom. The van der Waals surface area contributed by atoms with E-state index in [1.165, 1.54) is 28.6 Å². The van der Waals surface area contributed by atoms with E-state index < -0.39 is 32.1 Å². The summed E-state index contributed by atoms with van der Waals surface area (Å²) >= 11 is 5.99. The second-order valence-corrected chi connectivity index (χ2v) is 12.4. The van der Waals surface area contributed by atoms with Crippen molar-refractivity contribution in [2.45, 2.75) is 11.0 Å². The fourth-order valence-electron chi connectivity index (χ4n) is 3.78. The molecule has 0 aromatic heterocycles. The molecule has 2 heterocycles. The van der Waals surface area contributed by atoms with Crippen LogP contribution in [-0.4, -0.2) is 85.4 Å². The van der Waals surface area contributed by atoms with Gasteiger partial charge in [-0.25, -0.2) is 16.8 Å². The molecular formula is C22H26ClN3O8S2. The minimum Gasteiger partial charge on any atom is -0.492 e. The molecule has 0 aliphatic carbocycles. The zero-order valence-electron chi connectivity index (χ0n) is 19.4. The van der Waals surface area contributed by atoms with E-state index in [1.807, 2.05) is 0 Å². The molecule has 0 unspecified atom stereocenters. The summed E-state index contributed by atoms with van der Waals surface area (Å²) < 4.78 is 68.8. The second kappa shape index (κ2) is 10.8. The van der Waals surface area contributed by atoms with Gasteiger partial charge < -0.3 is 19.5 Å². The van der Waals surface area contributed by atoms with Crippen LogP contribution in [0.3, 0.4) is 0 Å². The van der Waals surface area contributed by atoms with Gasteiger partial charge in [-0.1, -0.05) is 11.6 Å². The molecule has 36 heavy (non-hydrogen) atoms. The zero-order chi connectivity index (χ0) is 25.9. The molecule has 2 aliphatic heterocycles. The van der Waals surface area contributed by atoms with Crippen molar-refractivity contribution in [1.82, 2.24) is 9.62 Å². The van der Waals surface area contributed by atoms with E-state index in [0.717, 1.165) is 10.6 Å². The first-order valence-electron chi connectivity index (χ1n) is 11.1. The number of rotatable bonds is 8. The molecule has 4 rings (SSSR count). The SMILES string of the molecule is CS(=O)(=O)N1C[C@@H](C(=O)NCCOc2ccc(S(=O)(=O)N3CCOCC3)cc2)Oc2ccc(Cl)cc21. The quantitative estimate of drug-likeness (QED) is 0.475. The number of nitrogens with zero attached hydrogens (tertiary/aromatic N) is 2. The number of anilines is 1. The van der Waals surface area contributed by atoms with Gasteiger partial charge in [-0.2, -0.15) is 4.31 Å². The lowest BCUT2D eigenvalue weighted by Gasteiger charge is -2.34. The van der Waals surface area contributed by atoms with Crippen molar-refractivity contribution in [3.63, 3.8) is 0 Å². The smallest absolute Gasteiger partial charge is 0.263 e. The lowest BCUT2D eigenvalue weighted by atomic mass is 10.2. The van der Waals surface area contributed by atoms with E-state index in [2.05, 4.69) is 5.32 Å². The van der Waals surface area contributed by atoms with Crippen LogP contribution >= 0.6 is 11.6 Å². The lowest BCUT2D eigenvalue weighted by Crippen LogP contribution is -2.51. The van der Waals surface area contributed by atoms with Crippen LogP contribution in [0.15, 0.2) is 47.4 Å². The molecule has 0 radical (unpaired) electrons. The number of carbonyl (C=O) groups excluding carboxylic acids is 1. The van der Waals surface area contributed by atoms with Crippen LogP contribution in [0.2, 0.25) is 5.02 Å². The van der Waals surface area contributed by atoms with Crippen molar-refractivity contribution in [2.24, 2.45) is 0 Å². The van der Waals surface area contributed by atoms with E-state index in [1.54, 1.807) is 18.2 Å². The summed E-state index contributed by atoms with van der Waals surface area (Å²) in [5.74, 6) is 0.174. The Morgan fingerprint density at radius 1 is 1.11 bits per heavy atom. The van der Waals surface area contributed by atoms with Crippen molar-refractivity contribution in [1.29, 1.82) is 0 Å². The molecule has 14 heteroatoms. The van der Waals surface area contributed by atoms with Crippen molar-refractivity contribution in [2.75, 3.05) is 56.6 Å². The summed E-state index contributed by atoms with van der Waals surface area (Å²) in [6.07, 6.45) is -0.0124. The summed E-state index contributed by atoms with van der Waals surface area (Å²) in [7, 11) is -7.26. The van der Waals surface area contributed by atoms with Crippen LogP contribution in [-0.2, 0) is 29.6 Å². The minimum atomic E-state index is -3.67. The van der Waals surface area contributed by atoms with Gasteiger partial charge in [0.1, 0.15) is 18.1 Å². The maximum atomic E-state index is 12.7. The van der Waals surface area contributed by atoms with E-state index in [4.69, 9.17) is 25.8 Å². The number of carbonyl (C=O) groups is 1. The molecule has 1 fully saturated rings. The Bertz CT molecular complexity index is 1310. The number of hydrogen-bond acceptors (Lipinski definition) is 8. The summed E-state index contributed by atoms with van der Waals surface area (Å²) in [5.41, 5.74) is 0.275. The van der Waals surface area contributed by atoms with Gasteiger partial charge in [-0.3, -0.25) is 9.10 Å². The van der Waals surface area contributed by atoms with Gasteiger partial charge in [-0.05, 0) is 42.5 Å². The first-order chi connectivity index (χ1) is 17.1. The van der Waals surface area contributed by atoms with Crippen LogP contribution < -0.4 is 19.1 Å². The number of sulfonamides is 2. The average molecular weight is 560 g/mol. The average Bonchev–Trinajstić information content (AvgIpc) is 2.86. The van der Waals surface area contributed by atoms with Crippen molar-refractivity contribution in [3.05, 3.63) is 47.5 Å². The molecule has 1 N–H and O–H groups in total. The van der Waals surface area contributed by atoms with Crippen LogP contribution in [0, 0.1) is 0 Å². The highest BCUT2D eigenvalue weighted by Gasteiger charge is 2.35. The van der Waals surface area contributed by atoms with Gasteiger partial charge in [-0.15, -0.1) is 0 Å². The molecule has 0 spiro atoms. The van der Waals surface area contributed by atoms with Crippen LogP contribution in [0.25, 0.3) is 0 Å². The molecular weight excluding hydrogens is 534 g/mol. The number of ether oxygens (including phenoxy) is 3. The number of fused-ring (bicyclic) bond motifs is 1. The van der Waals surface area contributed by atoms with Crippen molar-refractivity contribution < 1.29 is 35.8 Å². The van der Waals surface area contributed by atoms with E-state index in [0.29, 0.717) is 37.1 Å². The molecule has 2 aromatic carbocycles. The normalized spacial score (nSPS) is 18.7. The van der Waals surface area contributed by atoms with Crippen LogP contribution in [0.5, 0.6) is 11.5 Å². The lowest BCUT2D eigenvalue weighted by molar-refractivity contribution is -0.127. The predicted octanol–water partition coefficient (Wildman–Crippen LogP) is 1.08. The topological polar surface area (TPSA) is 132 Å². The van der Waals surface area contributed by atoms with E-state index in [9.17, 15) is 21.6 Å². The number of morpholine rings is 1. The molecule has 11 nitrogen and oxygen atoms in total. The Labute approximate surface area is 215 Å². The molecule has 0 bridgehead atoms. The van der Waals surface area contributed by atoms with E-state index >= 15 is 0 Å². The Kier molecular flexibility index (Phi) is 7.95. The van der Waals surface area contributed by atoms with Gasteiger partial charge in [0.15, 0.2) is 6.10 Å². The standard InChI is InChI=1S/C22H26ClN3O8S2/c1-35(28,29)26-15-21(34-20-7-2-16(23)14-19(20)26)22(27)24-8-11-33-17-3-5-18(6-4-17)36(30,31)25-9-12-32-13-10-25/h2-7,14,21H,8-13,15H2,1H3,(H,24,27)/t21-/m0/s1. The third kappa shape index (κ3) is 6.03. The Morgan fingerprint density at radius 3 is 2.47 bits per heavy atom. The third-order valence-electron chi connectivity index (χ3n) is 5.58. The third-order valence-corrected chi connectivity index (χ3v) is 8.88. The fourth-order valence-corrected chi connectivity index (χ4v) is 6.26. The number of nitrogens with one attached hydrogen (secondary N) is 1. The monoisotopic (exact) mass is 559 g/mol. The van der Waals surface area contributed by atoms with E-state index in [-0.39, 0.29) is 36.0 Å². The summed E-state index contributed by atoms with van der Waals surface area (Å²) in [6, 6.07) is 10.6. The molecule has 1 amide bonds. The highest BCUT2D eigenvalue weighted by Crippen LogP contribution is 2.37.